The molecule has 0 aliphatic rings. The number of imidazole rings is 1. The predicted molar refractivity (Wildman–Crippen MR) is 66.7 cm³/mol. The zero-order valence-electron chi connectivity index (χ0n) is 9.80. The van der Waals surface area contributed by atoms with Crippen LogP contribution >= 0.6 is 11.6 Å². The predicted octanol–water partition coefficient (Wildman–Crippen LogP) is 3.61. The lowest BCUT2D eigenvalue weighted by Gasteiger charge is -2.22. The highest BCUT2D eigenvalue weighted by molar-refractivity contribution is 6.16. The Labute approximate surface area is 105 Å². The number of hydrogen-bond acceptors (Lipinski definition) is 1. The van der Waals surface area contributed by atoms with Crippen LogP contribution in [0.1, 0.15) is 30.9 Å². The van der Waals surface area contributed by atoms with Crippen LogP contribution in [0.4, 0.5) is 4.39 Å². The Bertz CT molecular complexity index is 502. The van der Waals surface area contributed by atoms with Crippen molar-refractivity contribution < 1.29 is 4.39 Å². The number of rotatable bonds is 3. The van der Waals surface area contributed by atoms with Crippen molar-refractivity contribution in [2.75, 3.05) is 0 Å². The summed E-state index contributed by atoms with van der Waals surface area (Å²) in [5.74, 6) is 1.01. The zero-order valence-corrected chi connectivity index (χ0v) is 10.6. The molecule has 1 aromatic heterocycles. The number of hydrogen-bond donors (Lipinski definition) is 1. The minimum atomic E-state index is -0.294. The molecule has 0 spiro atoms. The Hall–Kier alpha value is -1.35. The second kappa shape index (κ2) is 4.49. The molecular formula is C13H14ClFN2. The lowest BCUT2D eigenvalue weighted by atomic mass is 9.84. The van der Waals surface area contributed by atoms with Crippen LogP contribution in [0.5, 0.6) is 0 Å². The number of aromatic amines is 1. The molecule has 2 aromatic rings. The summed E-state index contributed by atoms with van der Waals surface area (Å²) in [6.45, 7) is 4.08. The monoisotopic (exact) mass is 252 g/mol. The van der Waals surface area contributed by atoms with Gasteiger partial charge in [-0.15, -0.1) is 11.6 Å². The van der Waals surface area contributed by atoms with E-state index < -0.39 is 0 Å². The van der Waals surface area contributed by atoms with Gasteiger partial charge < -0.3 is 4.98 Å². The molecule has 17 heavy (non-hydrogen) atoms. The van der Waals surface area contributed by atoms with Crippen molar-refractivity contribution in [1.29, 1.82) is 0 Å². The first-order chi connectivity index (χ1) is 8.04. The molecule has 0 saturated carbocycles. The Kier molecular flexibility index (Phi) is 3.20. The van der Waals surface area contributed by atoms with Gasteiger partial charge in [-0.1, -0.05) is 12.1 Å². The maximum Gasteiger partial charge on any atom is 0.123 e. The fourth-order valence-corrected chi connectivity index (χ4v) is 1.88. The normalized spacial score (nSPS) is 11.8. The van der Waals surface area contributed by atoms with Gasteiger partial charge in [-0.2, -0.15) is 0 Å². The van der Waals surface area contributed by atoms with Crippen molar-refractivity contribution >= 4 is 11.6 Å². The van der Waals surface area contributed by atoms with Gasteiger partial charge in [0.1, 0.15) is 11.6 Å². The fraction of sp³-hybridized carbons (Fsp3) is 0.308. The van der Waals surface area contributed by atoms with E-state index in [9.17, 15) is 4.39 Å². The van der Waals surface area contributed by atoms with Gasteiger partial charge in [0.15, 0.2) is 0 Å². The first-order valence-electron chi connectivity index (χ1n) is 5.40. The average Bonchev–Trinajstić information content (AvgIpc) is 2.78. The molecule has 1 heterocycles. The number of halogens is 2. The second-order valence-corrected chi connectivity index (χ2v) is 4.79. The van der Waals surface area contributed by atoms with Crippen molar-refractivity contribution in [2.24, 2.45) is 0 Å². The van der Waals surface area contributed by atoms with E-state index in [1.165, 1.54) is 12.1 Å². The topological polar surface area (TPSA) is 28.7 Å². The van der Waals surface area contributed by atoms with Crippen LogP contribution in [0.25, 0.3) is 0 Å². The first kappa shape index (κ1) is 12.1. The number of aromatic nitrogens is 2. The van der Waals surface area contributed by atoms with Crippen LogP contribution in [-0.2, 0) is 11.3 Å². The van der Waals surface area contributed by atoms with Crippen LogP contribution in [0.15, 0.2) is 30.5 Å². The SMILES string of the molecule is CC(C)(c1ccc(F)cc1)c1ncc(CCl)[nH]1. The summed E-state index contributed by atoms with van der Waals surface area (Å²) in [5, 5.41) is 0. The van der Waals surface area contributed by atoms with Gasteiger partial charge in [0.25, 0.3) is 0 Å². The van der Waals surface area contributed by atoms with E-state index in [0.29, 0.717) is 5.88 Å². The van der Waals surface area contributed by atoms with E-state index in [2.05, 4.69) is 9.97 Å². The van der Waals surface area contributed by atoms with Gasteiger partial charge in [0.05, 0.1) is 5.88 Å². The lowest BCUT2D eigenvalue weighted by molar-refractivity contribution is 0.589. The molecule has 0 aliphatic heterocycles. The number of alkyl halides is 1. The third-order valence-electron chi connectivity index (χ3n) is 2.93. The second-order valence-electron chi connectivity index (χ2n) is 4.52. The molecule has 0 fully saturated rings. The number of benzene rings is 1. The summed E-state index contributed by atoms with van der Waals surface area (Å²) in [4.78, 5) is 7.50. The number of nitrogens with one attached hydrogen (secondary N) is 1. The molecule has 90 valence electrons. The van der Waals surface area contributed by atoms with E-state index in [1.54, 1.807) is 18.3 Å². The summed E-state index contributed by atoms with van der Waals surface area (Å²) >= 11 is 5.74. The Balaban J connectivity index is 2.37. The molecule has 0 radical (unpaired) electrons. The average molecular weight is 253 g/mol. The van der Waals surface area contributed by atoms with Crippen molar-refractivity contribution in [3.63, 3.8) is 0 Å². The Morgan fingerprint density at radius 3 is 2.47 bits per heavy atom. The maximum atomic E-state index is 12.9. The highest BCUT2D eigenvalue weighted by atomic mass is 35.5. The molecular weight excluding hydrogens is 239 g/mol. The van der Waals surface area contributed by atoms with Gasteiger partial charge in [-0.25, -0.2) is 9.37 Å². The van der Waals surface area contributed by atoms with Crippen molar-refractivity contribution in [3.05, 3.63) is 53.4 Å². The van der Waals surface area contributed by atoms with Gasteiger partial charge in [-0.3, -0.25) is 0 Å². The van der Waals surface area contributed by atoms with Crippen LogP contribution in [0.3, 0.4) is 0 Å². The van der Waals surface area contributed by atoms with Crippen LogP contribution in [0, 0.1) is 5.82 Å². The van der Waals surface area contributed by atoms with Crippen molar-refractivity contribution in [3.8, 4) is 0 Å². The molecule has 0 unspecified atom stereocenters. The summed E-state index contributed by atoms with van der Waals surface area (Å²) in [6.07, 6.45) is 1.73. The molecule has 1 N–H and O–H groups in total. The molecule has 0 atom stereocenters. The lowest BCUT2D eigenvalue weighted by Crippen LogP contribution is -2.20. The smallest absolute Gasteiger partial charge is 0.123 e. The summed E-state index contributed by atoms with van der Waals surface area (Å²) in [5.41, 5.74) is 1.60. The van der Waals surface area contributed by atoms with Gasteiger partial charge in [0, 0.05) is 17.3 Å². The fourth-order valence-electron chi connectivity index (χ4n) is 1.75. The molecule has 2 rings (SSSR count). The maximum absolute atomic E-state index is 12.9. The molecule has 2 nitrogen and oxygen atoms in total. The molecule has 0 amide bonds. The highest BCUT2D eigenvalue weighted by Crippen LogP contribution is 2.29. The molecule has 4 heteroatoms. The quantitative estimate of drug-likeness (QED) is 0.831. The molecule has 0 aliphatic carbocycles. The highest BCUT2D eigenvalue weighted by Gasteiger charge is 2.26. The number of H-pyrrole nitrogens is 1. The summed E-state index contributed by atoms with van der Waals surface area (Å²) < 4.78 is 12.9. The standard InChI is InChI=1S/C13H14ClFN2/c1-13(2,9-3-5-10(15)6-4-9)12-16-8-11(7-14)17-12/h3-6,8H,7H2,1-2H3,(H,16,17). The van der Waals surface area contributed by atoms with E-state index in [-0.39, 0.29) is 11.2 Å². The van der Waals surface area contributed by atoms with Gasteiger partial charge >= 0.3 is 0 Å². The van der Waals surface area contributed by atoms with E-state index in [1.807, 2.05) is 13.8 Å². The Morgan fingerprint density at radius 1 is 1.29 bits per heavy atom. The van der Waals surface area contributed by atoms with Crippen molar-refractivity contribution in [1.82, 2.24) is 9.97 Å². The van der Waals surface area contributed by atoms with Gasteiger partial charge in [0.2, 0.25) is 0 Å². The molecule has 0 saturated heterocycles. The minimum Gasteiger partial charge on any atom is -0.344 e. The Morgan fingerprint density at radius 2 is 1.94 bits per heavy atom. The van der Waals surface area contributed by atoms with Crippen molar-refractivity contribution in [2.45, 2.75) is 25.1 Å². The first-order valence-corrected chi connectivity index (χ1v) is 5.94. The van der Waals surface area contributed by atoms with E-state index >= 15 is 0 Å². The van der Waals surface area contributed by atoms with Crippen LogP contribution < -0.4 is 0 Å². The summed E-state index contributed by atoms with van der Waals surface area (Å²) in [6, 6.07) is 6.47. The third-order valence-corrected chi connectivity index (χ3v) is 3.22. The van der Waals surface area contributed by atoms with Gasteiger partial charge in [-0.05, 0) is 31.5 Å². The van der Waals surface area contributed by atoms with E-state index in [4.69, 9.17) is 11.6 Å². The van der Waals surface area contributed by atoms with Crippen LogP contribution in [-0.4, -0.2) is 9.97 Å². The minimum absolute atomic E-state index is 0.231. The largest absolute Gasteiger partial charge is 0.344 e. The van der Waals surface area contributed by atoms with Crippen LogP contribution in [0.2, 0.25) is 0 Å². The molecule has 0 bridgehead atoms. The summed E-state index contributed by atoms with van der Waals surface area (Å²) in [7, 11) is 0. The number of nitrogens with zero attached hydrogens (tertiary/aromatic N) is 1. The molecule has 1 aromatic carbocycles. The zero-order chi connectivity index (χ0) is 12.5. The van der Waals surface area contributed by atoms with E-state index in [0.717, 1.165) is 17.1 Å². The third kappa shape index (κ3) is 2.34.